The largest absolute Gasteiger partial charge is 0.507 e. The van der Waals surface area contributed by atoms with Gasteiger partial charge in [0.1, 0.15) is 34.2 Å². The van der Waals surface area contributed by atoms with E-state index in [0.29, 0.717) is 34.8 Å². The van der Waals surface area contributed by atoms with E-state index in [2.05, 4.69) is 0 Å². The maximum Gasteiger partial charge on any atom is 0.171 e. The molecule has 164 valence electrons. The van der Waals surface area contributed by atoms with Crippen LogP contribution < -0.4 is 14.2 Å². The van der Waals surface area contributed by atoms with Crippen molar-refractivity contribution in [2.75, 3.05) is 7.11 Å². The van der Waals surface area contributed by atoms with Crippen molar-refractivity contribution in [1.82, 2.24) is 0 Å². The summed E-state index contributed by atoms with van der Waals surface area (Å²) in [6.07, 6.45) is 3.59. The number of hydrogen-bond donors (Lipinski definition) is 2. The molecule has 0 aromatic heterocycles. The average molecular weight is 424 g/mol. The minimum Gasteiger partial charge on any atom is -0.507 e. The first kappa shape index (κ1) is 21.2. The maximum atomic E-state index is 13.1. The number of phenols is 1. The second-order valence-electron chi connectivity index (χ2n) is 9.21. The Morgan fingerprint density at radius 2 is 1.90 bits per heavy atom. The van der Waals surface area contributed by atoms with Crippen LogP contribution in [0.3, 0.4) is 0 Å². The molecule has 2 aromatic carbocycles. The van der Waals surface area contributed by atoms with Gasteiger partial charge < -0.3 is 24.4 Å². The van der Waals surface area contributed by atoms with Gasteiger partial charge in [-0.3, -0.25) is 4.79 Å². The highest BCUT2D eigenvalue weighted by Crippen LogP contribution is 2.41. The highest BCUT2D eigenvalue weighted by atomic mass is 16.5. The first-order valence-electron chi connectivity index (χ1n) is 10.3. The van der Waals surface area contributed by atoms with Crippen molar-refractivity contribution in [3.8, 4) is 23.0 Å². The average Bonchev–Trinajstić information content (AvgIpc) is 2.68. The fourth-order valence-electron chi connectivity index (χ4n) is 4.02. The molecule has 2 N–H and O–H groups in total. The van der Waals surface area contributed by atoms with Gasteiger partial charge in [0.25, 0.3) is 0 Å². The molecule has 31 heavy (non-hydrogen) atoms. The number of phenolic OH excluding ortho intramolecular Hbond substituents is 1. The molecule has 0 aliphatic carbocycles. The Labute approximate surface area is 182 Å². The van der Waals surface area contributed by atoms with Gasteiger partial charge in [-0.2, -0.15) is 0 Å². The Morgan fingerprint density at radius 3 is 2.61 bits per heavy atom. The normalized spacial score (nSPS) is 20.1. The number of ketones is 1. The number of rotatable bonds is 4. The minimum atomic E-state index is -0.758. The predicted molar refractivity (Wildman–Crippen MR) is 117 cm³/mol. The van der Waals surface area contributed by atoms with Gasteiger partial charge in [-0.15, -0.1) is 0 Å². The molecule has 0 bridgehead atoms. The van der Waals surface area contributed by atoms with Crippen molar-refractivity contribution in [2.24, 2.45) is 0 Å². The number of carbonyl (C=O) groups excluding carboxylic acids is 1. The monoisotopic (exact) mass is 424 g/mol. The van der Waals surface area contributed by atoms with E-state index in [1.165, 1.54) is 6.07 Å². The van der Waals surface area contributed by atoms with Crippen LogP contribution in [0.15, 0.2) is 30.3 Å². The Hall–Kier alpha value is -2.99. The smallest absolute Gasteiger partial charge is 0.171 e. The molecule has 1 atom stereocenters. The van der Waals surface area contributed by atoms with Crippen molar-refractivity contribution in [3.05, 3.63) is 52.6 Å². The summed E-state index contributed by atoms with van der Waals surface area (Å²) in [5.74, 6) is 1.37. The zero-order valence-electron chi connectivity index (χ0n) is 18.5. The summed E-state index contributed by atoms with van der Waals surface area (Å²) in [5.41, 5.74) is 1.22. The fraction of sp³-hybridized carbons (Fsp3) is 0.400. The second-order valence-corrected chi connectivity index (χ2v) is 9.21. The van der Waals surface area contributed by atoms with Gasteiger partial charge in [0, 0.05) is 24.5 Å². The van der Waals surface area contributed by atoms with Crippen molar-refractivity contribution in [3.63, 3.8) is 0 Å². The van der Waals surface area contributed by atoms with Crippen LogP contribution in [0.2, 0.25) is 0 Å². The fourth-order valence-corrected chi connectivity index (χ4v) is 4.02. The molecule has 0 saturated carbocycles. The first-order chi connectivity index (χ1) is 14.5. The SMILES string of the molecule is COc1c(CC(=O)c2cc3c(cc2O)OC(C)(C)[C@@H](O)C3)ccc2c1C=CC(C)(C)O2. The van der Waals surface area contributed by atoms with Crippen LogP contribution in [-0.2, 0) is 12.8 Å². The van der Waals surface area contributed by atoms with Gasteiger partial charge in [0.05, 0.1) is 24.3 Å². The number of methoxy groups -OCH3 is 1. The van der Waals surface area contributed by atoms with Crippen LogP contribution in [-0.4, -0.2) is 40.4 Å². The number of carbonyl (C=O) groups is 1. The molecule has 0 radical (unpaired) electrons. The lowest BCUT2D eigenvalue weighted by Gasteiger charge is -2.37. The van der Waals surface area contributed by atoms with E-state index in [9.17, 15) is 15.0 Å². The molecule has 0 fully saturated rings. The van der Waals surface area contributed by atoms with Crippen molar-refractivity contribution >= 4 is 11.9 Å². The van der Waals surface area contributed by atoms with Gasteiger partial charge in [-0.05, 0) is 57.5 Å². The Balaban J connectivity index is 1.65. The number of aromatic hydroxyl groups is 1. The van der Waals surface area contributed by atoms with Crippen LogP contribution in [0.4, 0.5) is 0 Å². The molecule has 2 aliphatic heterocycles. The van der Waals surface area contributed by atoms with Crippen molar-refractivity contribution < 1.29 is 29.2 Å². The van der Waals surface area contributed by atoms with Crippen molar-refractivity contribution in [1.29, 1.82) is 0 Å². The molecular formula is C25H28O6. The lowest BCUT2D eigenvalue weighted by Crippen LogP contribution is -2.46. The second kappa shape index (κ2) is 7.31. The van der Waals surface area contributed by atoms with E-state index in [-0.39, 0.29) is 23.5 Å². The predicted octanol–water partition coefficient (Wildman–Crippen LogP) is 4.08. The van der Waals surface area contributed by atoms with Gasteiger partial charge in [-0.25, -0.2) is 0 Å². The molecule has 0 saturated heterocycles. The number of aliphatic hydroxyl groups excluding tert-OH is 1. The summed E-state index contributed by atoms with van der Waals surface area (Å²) >= 11 is 0. The minimum absolute atomic E-state index is 0.0505. The van der Waals surface area contributed by atoms with E-state index in [4.69, 9.17) is 14.2 Å². The quantitative estimate of drug-likeness (QED) is 0.720. The van der Waals surface area contributed by atoms with Gasteiger partial charge in [0.2, 0.25) is 0 Å². The third-order valence-corrected chi connectivity index (χ3v) is 5.89. The number of aliphatic hydroxyl groups is 1. The van der Waals surface area contributed by atoms with E-state index in [1.54, 1.807) is 27.0 Å². The lowest BCUT2D eigenvalue weighted by molar-refractivity contribution is -0.0412. The summed E-state index contributed by atoms with van der Waals surface area (Å²) in [5, 5.41) is 20.8. The van der Waals surface area contributed by atoms with E-state index < -0.39 is 17.3 Å². The standard InChI is InChI=1S/C25H28O6/c1-24(2)9-8-16-20(30-24)7-6-14(23(16)29-5)11-18(26)17-10-15-12-22(28)25(3,4)31-21(15)13-19(17)27/h6-10,13,22,27-28H,11-12H2,1-5H3/t22-/m0/s1. The molecule has 6 heteroatoms. The van der Waals surface area contributed by atoms with Crippen molar-refractivity contribution in [2.45, 2.75) is 57.8 Å². The zero-order chi connectivity index (χ0) is 22.6. The lowest BCUT2D eigenvalue weighted by atomic mass is 9.89. The number of Topliss-reactive ketones (excluding diaryl/α,β-unsaturated/α-hetero) is 1. The van der Waals surface area contributed by atoms with Gasteiger partial charge >= 0.3 is 0 Å². The molecule has 4 rings (SSSR count). The Morgan fingerprint density at radius 1 is 1.16 bits per heavy atom. The first-order valence-corrected chi connectivity index (χ1v) is 10.3. The topological polar surface area (TPSA) is 85.2 Å². The molecule has 2 heterocycles. The third kappa shape index (κ3) is 3.88. The van der Waals surface area contributed by atoms with Crippen LogP contribution in [0.1, 0.15) is 54.7 Å². The van der Waals surface area contributed by atoms with Crippen LogP contribution in [0, 0.1) is 0 Å². The Kier molecular flexibility index (Phi) is 5.01. The third-order valence-electron chi connectivity index (χ3n) is 5.89. The molecule has 0 unspecified atom stereocenters. The van der Waals surface area contributed by atoms with Crippen LogP contribution >= 0.6 is 0 Å². The number of fused-ring (bicyclic) bond motifs is 2. The summed E-state index contributed by atoms with van der Waals surface area (Å²) in [7, 11) is 1.56. The van der Waals surface area contributed by atoms with E-state index in [1.807, 2.05) is 38.1 Å². The summed E-state index contributed by atoms with van der Waals surface area (Å²) in [6.45, 7) is 7.52. The van der Waals surface area contributed by atoms with Gasteiger partial charge in [-0.1, -0.05) is 6.07 Å². The summed E-state index contributed by atoms with van der Waals surface area (Å²) < 4.78 is 17.4. The highest BCUT2D eigenvalue weighted by Gasteiger charge is 2.36. The van der Waals surface area contributed by atoms with E-state index >= 15 is 0 Å². The molecular weight excluding hydrogens is 396 g/mol. The molecule has 0 amide bonds. The number of ether oxygens (including phenoxy) is 3. The highest BCUT2D eigenvalue weighted by molar-refractivity contribution is 6.00. The van der Waals surface area contributed by atoms with Gasteiger partial charge in [0.15, 0.2) is 5.78 Å². The molecule has 0 spiro atoms. The van der Waals surface area contributed by atoms with E-state index in [0.717, 1.165) is 5.56 Å². The summed E-state index contributed by atoms with van der Waals surface area (Å²) in [6, 6.07) is 6.72. The molecule has 2 aromatic rings. The van der Waals surface area contributed by atoms with Crippen LogP contribution in [0.5, 0.6) is 23.0 Å². The molecule has 2 aliphatic rings. The Bertz CT molecular complexity index is 1080. The number of benzene rings is 2. The molecule has 6 nitrogen and oxygen atoms in total. The number of hydrogen-bond acceptors (Lipinski definition) is 6. The van der Waals surface area contributed by atoms with Crippen LogP contribution in [0.25, 0.3) is 6.08 Å². The summed E-state index contributed by atoms with van der Waals surface area (Å²) in [4.78, 5) is 13.1. The maximum absolute atomic E-state index is 13.1. The zero-order valence-corrected chi connectivity index (χ0v) is 18.5.